The van der Waals surface area contributed by atoms with Crippen LogP contribution in [0.15, 0.2) is 79.8 Å². The van der Waals surface area contributed by atoms with Gasteiger partial charge in [0, 0.05) is 10.2 Å². The van der Waals surface area contributed by atoms with Crippen LogP contribution in [0.1, 0.15) is 16.2 Å². The minimum Gasteiger partial charge on any atom is -0.452 e. The SMILES string of the molecule is O=C(OCc1nnc(-c2cccs2)o1)c1ccc(NS(=O)(=O)c2ccc(Br)cc2)cc1. The number of carbonyl (C=O) groups excluding carboxylic acids is 1. The standard InChI is InChI=1S/C20H14BrN3O5S2/c21-14-5-9-16(10-6-14)31(26,27)24-15-7-3-13(4-8-15)20(25)28-12-18-22-23-19(29-18)17-2-1-11-30-17/h1-11,24H,12H2. The number of rotatable bonds is 7. The van der Waals surface area contributed by atoms with Crippen LogP contribution in [-0.4, -0.2) is 24.6 Å². The maximum absolute atomic E-state index is 12.4. The van der Waals surface area contributed by atoms with Crippen LogP contribution >= 0.6 is 27.3 Å². The van der Waals surface area contributed by atoms with Crippen molar-refractivity contribution in [3.8, 4) is 10.8 Å². The molecule has 0 atom stereocenters. The Balaban J connectivity index is 1.36. The van der Waals surface area contributed by atoms with Crippen molar-refractivity contribution in [1.82, 2.24) is 10.2 Å². The fraction of sp³-hybridized carbons (Fsp3) is 0.0500. The number of esters is 1. The Kier molecular flexibility index (Phi) is 6.16. The van der Waals surface area contributed by atoms with Crippen molar-refractivity contribution in [3.05, 3.63) is 82.0 Å². The number of hydrogen-bond donors (Lipinski definition) is 1. The van der Waals surface area contributed by atoms with Crippen LogP contribution in [0.2, 0.25) is 0 Å². The number of nitrogens with one attached hydrogen (secondary N) is 1. The lowest BCUT2D eigenvalue weighted by Gasteiger charge is -2.09. The molecule has 0 bridgehead atoms. The van der Waals surface area contributed by atoms with Crippen LogP contribution in [0.25, 0.3) is 10.8 Å². The molecule has 0 saturated carbocycles. The van der Waals surface area contributed by atoms with Crippen LogP contribution in [0, 0.1) is 0 Å². The van der Waals surface area contributed by atoms with Crippen LogP contribution in [0.5, 0.6) is 0 Å². The number of carbonyl (C=O) groups is 1. The zero-order valence-electron chi connectivity index (χ0n) is 15.7. The number of thiophene rings is 1. The van der Waals surface area contributed by atoms with E-state index in [1.807, 2.05) is 17.5 Å². The van der Waals surface area contributed by atoms with Crippen molar-refractivity contribution >= 4 is 48.9 Å². The second kappa shape index (κ2) is 9.00. The fourth-order valence-electron chi connectivity index (χ4n) is 2.52. The molecule has 0 fully saturated rings. The molecule has 2 heterocycles. The van der Waals surface area contributed by atoms with Gasteiger partial charge in [-0.25, -0.2) is 13.2 Å². The topological polar surface area (TPSA) is 111 Å². The molecule has 4 rings (SSSR count). The Morgan fingerprint density at radius 3 is 2.48 bits per heavy atom. The summed E-state index contributed by atoms with van der Waals surface area (Å²) in [6, 6.07) is 15.9. The third-order valence-corrected chi connectivity index (χ3v) is 6.81. The summed E-state index contributed by atoms with van der Waals surface area (Å²) in [5, 5.41) is 9.67. The molecule has 11 heteroatoms. The molecule has 0 saturated heterocycles. The van der Waals surface area contributed by atoms with Gasteiger partial charge in [-0.05, 0) is 60.0 Å². The number of hydrogen-bond acceptors (Lipinski definition) is 8. The Morgan fingerprint density at radius 2 is 1.81 bits per heavy atom. The van der Waals surface area contributed by atoms with Crippen molar-refractivity contribution < 1.29 is 22.4 Å². The second-order valence-electron chi connectivity index (χ2n) is 6.19. The number of ether oxygens (including phenoxy) is 1. The van der Waals surface area contributed by atoms with E-state index in [0.717, 1.165) is 9.35 Å². The molecular weight excluding hydrogens is 506 g/mol. The van der Waals surface area contributed by atoms with E-state index in [9.17, 15) is 13.2 Å². The lowest BCUT2D eigenvalue weighted by atomic mass is 10.2. The van der Waals surface area contributed by atoms with Gasteiger partial charge in [0.15, 0.2) is 6.61 Å². The monoisotopic (exact) mass is 519 g/mol. The summed E-state index contributed by atoms with van der Waals surface area (Å²) in [5.41, 5.74) is 0.571. The second-order valence-corrected chi connectivity index (χ2v) is 9.74. The molecule has 158 valence electrons. The first kappa shape index (κ1) is 21.2. The zero-order valence-corrected chi connectivity index (χ0v) is 18.9. The molecule has 31 heavy (non-hydrogen) atoms. The lowest BCUT2D eigenvalue weighted by molar-refractivity contribution is 0.0438. The maximum Gasteiger partial charge on any atom is 0.338 e. The normalized spacial score (nSPS) is 11.3. The Morgan fingerprint density at radius 1 is 1.06 bits per heavy atom. The number of anilines is 1. The number of halogens is 1. The molecule has 2 aromatic heterocycles. The number of aromatic nitrogens is 2. The van der Waals surface area contributed by atoms with E-state index < -0.39 is 16.0 Å². The van der Waals surface area contributed by atoms with Gasteiger partial charge in [-0.3, -0.25) is 4.72 Å². The van der Waals surface area contributed by atoms with Gasteiger partial charge in [0.25, 0.3) is 21.8 Å². The molecule has 0 aliphatic heterocycles. The lowest BCUT2D eigenvalue weighted by Crippen LogP contribution is -2.13. The van der Waals surface area contributed by atoms with Crippen molar-refractivity contribution in [2.75, 3.05) is 4.72 Å². The molecule has 0 aliphatic carbocycles. The predicted octanol–water partition coefficient (Wildman–Crippen LogP) is 4.72. The summed E-state index contributed by atoms with van der Waals surface area (Å²) in [7, 11) is -3.74. The maximum atomic E-state index is 12.4. The van der Waals surface area contributed by atoms with Gasteiger partial charge in [0.2, 0.25) is 0 Å². The number of benzene rings is 2. The first-order valence-electron chi connectivity index (χ1n) is 8.82. The van der Waals surface area contributed by atoms with Crippen LogP contribution in [-0.2, 0) is 21.4 Å². The largest absolute Gasteiger partial charge is 0.452 e. The van der Waals surface area contributed by atoms with E-state index in [2.05, 4.69) is 30.8 Å². The van der Waals surface area contributed by atoms with Crippen molar-refractivity contribution in [3.63, 3.8) is 0 Å². The summed E-state index contributed by atoms with van der Waals surface area (Å²) in [6.07, 6.45) is 0. The highest BCUT2D eigenvalue weighted by atomic mass is 79.9. The number of sulfonamides is 1. The van der Waals surface area contributed by atoms with Gasteiger partial charge >= 0.3 is 5.97 Å². The minimum atomic E-state index is -3.74. The first-order valence-corrected chi connectivity index (χ1v) is 12.0. The average molecular weight is 520 g/mol. The Bertz CT molecular complexity index is 1290. The van der Waals surface area contributed by atoms with Gasteiger partial charge in [-0.1, -0.05) is 22.0 Å². The molecule has 4 aromatic rings. The van der Waals surface area contributed by atoms with Crippen LogP contribution in [0.4, 0.5) is 5.69 Å². The predicted molar refractivity (Wildman–Crippen MR) is 118 cm³/mol. The van der Waals surface area contributed by atoms with Crippen molar-refractivity contribution in [2.24, 2.45) is 0 Å². The summed E-state index contributed by atoms with van der Waals surface area (Å²) in [6.45, 7) is -0.171. The first-order chi connectivity index (χ1) is 14.9. The van der Waals surface area contributed by atoms with E-state index in [0.29, 0.717) is 11.6 Å². The molecule has 0 amide bonds. The molecule has 8 nitrogen and oxygen atoms in total. The molecule has 0 aliphatic rings. The van der Waals surface area contributed by atoms with Crippen molar-refractivity contribution in [1.29, 1.82) is 0 Å². The van der Waals surface area contributed by atoms with Gasteiger partial charge in [-0.15, -0.1) is 21.5 Å². The molecular formula is C20H14BrN3O5S2. The third kappa shape index (κ3) is 5.19. The van der Waals surface area contributed by atoms with Crippen LogP contribution < -0.4 is 4.72 Å². The van der Waals surface area contributed by atoms with Gasteiger partial charge in [0.1, 0.15) is 0 Å². The molecule has 0 spiro atoms. The quantitative estimate of drug-likeness (QED) is 0.351. The van der Waals surface area contributed by atoms with Gasteiger partial charge in [-0.2, -0.15) is 0 Å². The highest BCUT2D eigenvalue weighted by molar-refractivity contribution is 9.10. The minimum absolute atomic E-state index is 0.126. The summed E-state index contributed by atoms with van der Waals surface area (Å²) >= 11 is 4.73. The van der Waals surface area contributed by atoms with Crippen molar-refractivity contribution in [2.45, 2.75) is 11.5 Å². The molecule has 0 unspecified atom stereocenters. The Labute approximate surface area is 190 Å². The zero-order chi connectivity index (χ0) is 21.8. The Hall–Kier alpha value is -3.02. The number of nitrogens with zero attached hydrogens (tertiary/aromatic N) is 2. The molecule has 0 radical (unpaired) electrons. The van der Waals surface area contributed by atoms with E-state index in [4.69, 9.17) is 9.15 Å². The average Bonchev–Trinajstić information content (AvgIpc) is 3.44. The van der Waals surface area contributed by atoms with Gasteiger partial charge < -0.3 is 9.15 Å². The smallest absolute Gasteiger partial charge is 0.338 e. The van der Waals surface area contributed by atoms with Crippen LogP contribution in [0.3, 0.4) is 0 Å². The summed E-state index contributed by atoms with van der Waals surface area (Å²) in [5.74, 6) is -0.0581. The highest BCUT2D eigenvalue weighted by Crippen LogP contribution is 2.23. The fourth-order valence-corrected chi connectivity index (χ4v) is 4.49. The third-order valence-electron chi connectivity index (χ3n) is 4.02. The van der Waals surface area contributed by atoms with E-state index in [-0.39, 0.29) is 23.0 Å². The summed E-state index contributed by atoms with van der Waals surface area (Å²) in [4.78, 5) is 13.2. The highest BCUT2D eigenvalue weighted by Gasteiger charge is 2.16. The van der Waals surface area contributed by atoms with E-state index >= 15 is 0 Å². The van der Waals surface area contributed by atoms with E-state index in [1.165, 1.54) is 47.7 Å². The molecule has 1 N–H and O–H groups in total. The molecule has 2 aromatic carbocycles. The van der Waals surface area contributed by atoms with E-state index in [1.54, 1.807) is 12.1 Å². The van der Waals surface area contributed by atoms with Gasteiger partial charge in [0.05, 0.1) is 15.3 Å². The summed E-state index contributed by atoms with van der Waals surface area (Å²) < 4.78 is 38.8.